The third-order valence-corrected chi connectivity index (χ3v) is 7.03. The van der Waals surface area contributed by atoms with E-state index >= 15 is 0 Å². The van der Waals surface area contributed by atoms with Crippen molar-refractivity contribution in [2.75, 3.05) is 20.3 Å². The predicted molar refractivity (Wildman–Crippen MR) is 169 cm³/mol. The van der Waals surface area contributed by atoms with Crippen molar-refractivity contribution >= 4 is 29.7 Å². The van der Waals surface area contributed by atoms with Crippen LogP contribution in [0.5, 0.6) is 11.5 Å². The van der Waals surface area contributed by atoms with Gasteiger partial charge < -0.3 is 35.6 Å². The lowest BCUT2D eigenvalue weighted by Gasteiger charge is -2.24. The van der Waals surface area contributed by atoms with E-state index in [0.717, 1.165) is 24.8 Å². The zero-order valence-corrected chi connectivity index (χ0v) is 25.8. The van der Waals surface area contributed by atoms with Crippen LogP contribution in [0.4, 0.5) is 0 Å². The molecule has 0 unspecified atom stereocenters. The summed E-state index contributed by atoms with van der Waals surface area (Å²) < 4.78 is 10.3. The summed E-state index contributed by atoms with van der Waals surface area (Å²) in [6.07, 6.45) is 2.62. The van der Waals surface area contributed by atoms with E-state index in [1.54, 1.807) is 24.3 Å². The maximum Gasteiger partial charge on any atom is 0.341 e. The molecule has 0 bridgehead atoms. The molecule has 0 saturated heterocycles. The Morgan fingerprint density at radius 1 is 0.783 bits per heavy atom. The molecule has 2 atom stereocenters. The minimum absolute atomic E-state index is 0.0880. The average Bonchev–Trinajstić information content (AvgIpc) is 3.05. The lowest BCUT2D eigenvalue weighted by molar-refractivity contribution is -0.139. The van der Waals surface area contributed by atoms with Crippen molar-refractivity contribution < 1.29 is 43.7 Å². The van der Waals surface area contributed by atoms with E-state index in [1.807, 2.05) is 37.3 Å². The first-order chi connectivity index (χ1) is 22.1. The molecule has 0 heterocycles. The molecule has 3 aromatic carbocycles. The summed E-state index contributed by atoms with van der Waals surface area (Å²) in [5.74, 6) is -3.79. The Morgan fingerprint density at radius 3 is 2.09 bits per heavy atom. The van der Waals surface area contributed by atoms with E-state index < -0.39 is 48.4 Å². The van der Waals surface area contributed by atoms with E-state index in [0.29, 0.717) is 23.4 Å². The van der Waals surface area contributed by atoms with Gasteiger partial charge in [0.15, 0.2) is 6.61 Å². The maximum absolute atomic E-state index is 13.8. The van der Waals surface area contributed by atoms with Crippen molar-refractivity contribution in [3.8, 4) is 11.5 Å². The third kappa shape index (κ3) is 11.0. The number of carbonyl (C=O) groups excluding carboxylic acids is 3. The largest absolute Gasteiger partial charge is 0.497 e. The molecule has 0 aliphatic heterocycles. The SMILES string of the molecule is CCCCCNC(=O)[C@H](Cc1ccc(OCC(=O)O)c(C(=O)O)c1)NC(=O)[C@H](Cc1ccccc1)NC(=O)c1ccc(OC)cc1. The van der Waals surface area contributed by atoms with Crippen molar-refractivity contribution in [1.82, 2.24) is 16.0 Å². The number of aromatic carboxylic acids is 1. The van der Waals surface area contributed by atoms with Gasteiger partial charge in [-0.3, -0.25) is 14.4 Å². The Morgan fingerprint density at radius 2 is 1.46 bits per heavy atom. The Bertz CT molecular complexity index is 1490. The van der Waals surface area contributed by atoms with E-state index in [1.165, 1.54) is 25.3 Å². The molecule has 46 heavy (non-hydrogen) atoms. The molecule has 3 rings (SSSR count). The van der Waals surface area contributed by atoms with Crippen LogP contribution in [0, 0.1) is 0 Å². The molecular formula is C34H39N3O9. The number of hydrogen-bond acceptors (Lipinski definition) is 7. The van der Waals surface area contributed by atoms with Crippen LogP contribution in [-0.4, -0.2) is 72.2 Å². The van der Waals surface area contributed by atoms with E-state index in [-0.39, 0.29) is 24.2 Å². The molecule has 3 aromatic rings. The molecule has 0 radical (unpaired) electrons. The van der Waals surface area contributed by atoms with Crippen LogP contribution in [0.2, 0.25) is 0 Å². The monoisotopic (exact) mass is 633 g/mol. The molecule has 0 aromatic heterocycles. The number of rotatable bonds is 18. The molecular weight excluding hydrogens is 594 g/mol. The van der Waals surface area contributed by atoms with Crippen molar-refractivity contribution in [3.63, 3.8) is 0 Å². The molecule has 12 nitrogen and oxygen atoms in total. The summed E-state index contributed by atoms with van der Waals surface area (Å²) in [5, 5.41) is 27.0. The quantitative estimate of drug-likeness (QED) is 0.131. The van der Waals surface area contributed by atoms with Crippen LogP contribution in [0.25, 0.3) is 0 Å². The second kappa shape index (κ2) is 17.8. The van der Waals surface area contributed by atoms with Gasteiger partial charge in [-0.15, -0.1) is 0 Å². The number of carboxylic acids is 2. The van der Waals surface area contributed by atoms with Crippen LogP contribution < -0.4 is 25.4 Å². The van der Waals surface area contributed by atoms with Crippen molar-refractivity contribution in [1.29, 1.82) is 0 Å². The van der Waals surface area contributed by atoms with Gasteiger partial charge in [-0.25, -0.2) is 9.59 Å². The lowest BCUT2D eigenvalue weighted by Crippen LogP contribution is -2.55. The van der Waals surface area contributed by atoms with Crippen molar-refractivity contribution in [2.24, 2.45) is 0 Å². The number of unbranched alkanes of at least 4 members (excludes halogenated alkanes) is 2. The molecule has 244 valence electrons. The fourth-order valence-corrected chi connectivity index (χ4v) is 4.61. The molecule has 12 heteroatoms. The highest BCUT2D eigenvalue weighted by Gasteiger charge is 2.28. The Labute approximate surface area is 267 Å². The smallest absolute Gasteiger partial charge is 0.341 e. The Hall–Kier alpha value is -5.39. The lowest BCUT2D eigenvalue weighted by atomic mass is 10.00. The van der Waals surface area contributed by atoms with Crippen LogP contribution >= 0.6 is 0 Å². The molecule has 0 spiro atoms. The fourth-order valence-electron chi connectivity index (χ4n) is 4.61. The minimum atomic E-state index is -1.35. The topological polar surface area (TPSA) is 180 Å². The number of carboxylic acid groups (broad SMARTS) is 2. The predicted octanol–water partition coefficient (Wildman–Crippen LogP) is 3.23. The first kappa shape index (κ1) is 35.1. The van der Waals surface area contributed by atoms with Crippen LogP contribution in [0.1, 0.15) is 58.0 Å². The Kier molecular flexibility index (Phi) is 13.6. The van der Waals surface area contributed by atoms with Crippen molar-refractivity contribution in [3.05, 3.63) is 95.1 Å². The number of hydrogen-bond donors (Lipinski definition) is 5. The van der Waals surface area contributed by atoms with Gasteiger partial charge in [-0.2, -0.15) is 0 Å². The van der Waals surface area contributed by atoms with E-state index in [9.17, 15) is 29.1 Å². The molecule has 0 aliphatic carbocycles. The summed E-state index contributed by atoms with van der Waals surface area (Å²) in [5.41, 5.74) is 1.18. The van der Waals surface area contributed by atoms with Gasteiger partial charge in [0, 0.05) is 24.9 Å². The van der Waals surface area contributed by atoms with Gasteiger partial charge >= 0.3 is 11.9 Å². The van der Waals surface area contributed by atoms with Gasteiger partial charge in [0.25, 0.3) is 5.91 Å². The highest BCUT2D eigenvalue weighted by atomic mass is 16.5. The molecule has 0 aliphatic rings. The standard InChI is InChI=1S/C34H39N3O9/c1-3-4-8-17-35-32(41)27(20-23-11-16-29(46-21-30(38)39)26(18-23)34(43)44)37-33(42)28(19-22-9-6-5-7-10-22)36-31(40)24-12-14-25(45-2)15-13-24/h5-7,9-16,18,27-28H,3-4,8,17,19-21H2,1-2H3,(H,35,41)(H,36,40)(H,37,42)(H,38,39)(H,43,44)/t27-,28-/m0/s1. The molecule has 5 N–H and O–H groups in total. The first-order valence-electron chi connectivity index (χ1n) is 14.9. The van der Waals surface area contributed by atoms with Gasteiger partial charge in [-0.05, 0) is 53.9 Å². The summed E-state index contributed by atoms with van der Waals surface area (Å²) in [4.78, 5) is 63.2. The second-order valence-electron chi connectivity index (χ2n) is 10.5. The summed E-state index contributed by atoms with van der Waals surface area (Å²) in [6, 6.07) is 17.4. The number of amides is 3. The number of ether oxygens (including phenoxy) is 2. The average molecular weight is 634 g/mol. The zero-order chi connectivity index (χ0) is 33.5. The number of carbonyl (C=O) groups is 5. The van der Waals surface area contributed by atoms with Gasteiger partial charge in [0.2, 0.25) is 11.8 Å². The summed E-state index contributed by atoms with van der Waals surface area (Å²) in [6.45, 7) is 1.67. The number of benzene rings is 3. The molecule has 0 saturated carbocycles. The first-order valence-corrected chi connectivity index (χ1v) is 14.9. The normalized spacial score (nSPS) is 11.9. The van der Waals surface area contributed by atoms with Crippen LogP contribution in [0.3, 0.4) is 0 Å². The highest BCUT2D eigenvalue weighted by molar-refractivity contribution is 5.98. The van der Waals surface area contributed by atoms with E-state index in [2.05, 4.69) is 16.0 Å². The zero-order valence-electron chi connectivity index (χ0n) is 25.8. The number of aliphatic carboxylic acids is 1. The maximum atomic E-state index is 13.8. The Balaban J connectivity index is 1.88. The molecule has 0 fully saturated rings. The van der Waals surface area contributed by atoms with Gasteiger partial charge in [0.05, 0.1) is 7.11 Å². The van der Waals surface area contributed by atoms with Crippen molar-refractivity contribution in [2.45, 2.75) is 51.1 Å². The highest BCUT2D eigenvalue weighted by Crippen LogP contribution is 2.22. The van der Waals surface area contributed by atoms with E-state index in [4.69, 9.17) is 14.6 Å². The number of methoxy groups -OCH3 is 1. The van der Waals surface area contributed by atoms with Gasteiger partial charge in [-0.1, -0.05) is 56.2 Å². The second-order valence-corrected chi connectivity index (χ2v) is 10.5. The minimum Gasteiger partial charge on any atom is -0.497 e. The fraction of sp³-hybridized carbons (Fsp3) is 0.324. The van der Waals surface area contributed by atoms with Crippen LogP contribution in [0.15, 0.2) is 72.8 Å². The van der Waals surface area contributed by atoms with Gasteiger partial charge in [0.1, 0.15) is 29.1 Å². The number of nitrogens with one attached hydrogen (secondary N) is 3. The third-order valence-electron chi connectivity index (χ3n) is 7.03. The molecule has 3 amide bonds. The summed E-state index contributed by atoms with van der Waals surface area (Å²) >= 11 is 0. The summed E-state index contributed by atoms with van der Waals surface area (Å²) in [7, 11) is 1.51. The van der Waals surface area contributed by atoms with Crippen LogP contribution in [-0.2, 0) is 27.2 Å².